The summed E-state index contributed by atoms with van der Waals surface area (Å²) in [7, 11) is 1.62. The Morgan fingerprint density at radius 3 is 2.79 bits per heavy atom. The first-order chi connectivity index (χ1) is 16.0. The molecule has 8 heteroatoms. The molecule has 0 fully saturated rings. The number of fused-ring (bicyclic) bond motifs is 3. The van der Waals surface area contributed by atoms with Crippen molar-refractivity contribution in [1.82, 2.24) is 14.8 Å². The number of benzene rings is 1. The van der Waals surface area contributed by atoms with Gasteiger partial charge in [-0.2, -0.15) is 0 Å². The van der Waals surface area contributed by atoms with Crippen molar-refractivity contribution >= 4 is 44.7 Å². The van der Waals surface area contributed by atoms with E-state index in [2.05, 4.69) is 11.4 Å². The van der Waals surface area contributed by atoms with E-state index < -0.39 is 5.54 Å². The minimum atomic E-state index is -1.01. The molecule has 2 amide bonds. The van der Waals surface area contributed by atoms with Crippen molar-refractivity contribution in [2.24, 2.45) is 0 Å². The topological polar surface area (TPSA) is 63.6 Å². The zero-order valence-corrected chi connectivity index (χ0v) is 20.2. The third-order valence-corrected chi connectivity index (χ3v) is 8.20. The van der Waals surface area contributed by atoms with Crippen LogP contribution in [0.3, 0.4) is 0 Å². The molecule has 0 spiro atoms. The van der Waals surface area contributed by atoms with Crippen LogP contribution in [0.4, 0.5) is 0 Å². The number of hydrogen-bond acceptors (Lipinski definition) is 5. The summed E-state index contributed by atoms with van der Waals surface area (Å²) >= 11 is 3.26. The zero-order valence-electron chi connectivity index (χ0n) is 18.5. The molecule has 0 unspecified atom stereocenters. The van der Waals surface area contributed by atoms with Gasteiger partial charge in [0.2, 0.25) is 5.91 Å². The van der Waals surface area contributed by atoms with Gasteiger partial charge in [-0.1, -0.05) is 24.3 Å². The molecule has 1 N–H and O–H groups in total. The monoisotopic (exact) mass is 479 g/mol. The number of carbonyl (C=O) groups excluding carboxylic acids is 2. The molecule has 1 aromatic carbocycles. The van der Waals surface area contributed by atoms with Crippen LogP contribution in [-0.2, 0) is 24.3 Å². The Kier molecular flexibility index (Phi) is 5.72. The van der Waals surface area contributed by atoms with Crippen LogP contribution in [0, 0.1) is 0 Å². The molecule has 0 saturated heterocycles. The lowest BCUT2D eigenvalue weighted by Gasteiger charge is -2.44. The summed E-state index contributed by atoms with van der Waals surface area (Å²) in [5.74, 6) is 0.457. The van der Waals surface area contributed by atoms with Crippen LogP contribution in [-0.4, -0.2) is 40.5 Å². The van der Waals surface area contributed by atoms with Crippen LogP contribution < -0.4 is 10.1 Å². The zero-order chi connectivity index (χ0) is 23.0. The van der Waals surface area contributed by atoms with E-state index in [1.165, 1.54) is 4.88 Å². The molecule has 1 aliphatic heterocycles. The minimum Gasteiger partial charge on any atom is -0.496 e. The molecule has 4 aromatic rings. The van der Waals surface area contributed by atoms with E-state index in [1.54, 1.807) is 34.7 Å². The quantitative estimate of drug-likeness (QED) is 0.423. The maximum atomic E-state index is 13.7. The number of carbonyl (C=O) groups is 2. The van der Waals surface area contributed by atoms with E-state index in [0.29, 0.717) is 31.7 Å². The minimum absolute atomic E-state index is 0.101. The van der Waals surface area contributed by atoms with Gasteiger partial charge in [0.1, 0.15) is 21.8 Å². The van der Waals surface area contributed by atoms with Crippen LogP contribution in [0.25, 0.3) is 10.2 Å². The molecular weight excluding hydrogens is 454 g/mol. The number of hydrogen-bond donors (Lipinski definition) is 1. The smallest absolute Gasteiger partial charge is 0.271 e. The summed E-state index contributed by atoms with van der Waals surface area (Å²) in [6.07, 6.45) is 0.716. The molecule has 1 aliphatic rings. The SMILES string of the molecule is COc1ccccc1CNC(=O)[C@]1(C)Cn2c(cc3ccsc32)C(=O)N1CCc1cccs1. The number of nitrogens with one attached hydrogen (secondary N) is 1. The fourth-order valence-electron chi connectivity index (χ4n) is 4.50. The molecule has 0 bridgehead atoms. The summed E-state index contributed by atoms with van der Waals surface area (Å²) in [6, 6.07) is 15.7. The van der Waals surface area contributed by atoms with Gasteiger partial charge in [-0.3, -0.25) is 9.59 Å². The molecule has 3 aromatic heterocycles. The van der Waals surface area contributed by atoms with Gasteiger partial charge in [-0.25, -0.2) is 0 Å². The fourth-order valence-corrected chi connectivity index (χ4v) is 6.09. The second-order valence-electron chi connectivity index (χ2n) is 8.35. The van der Waals surface area contributed by atoms with E-state index in [1.807, 2.05) is 64.7 Å². The third kappa shape index (κ3) is 3.83. The highest BCUT2D eigenvalue weighted by Crippen LogP contribution is 2.35. The van der Waals surface area contributed by atoms with Crippen molar-refractivity contribution < 1.29 is 14.3 Å². The first kappa shape index (κ1) is 21.7. The van der Waals surface area contributed by atoms with Crippen LogP contribution in [0.15, 0.2) is 59.3 Å². The van der Waals surface area contributed by atoms with Gasteiger partial charge >= 0.3 is 0 Å². The highest BCUT2D eigenvalue weighted by Gasteiger charge is 2.47. The largest absolute Gasteiger partial charge is 0.496 e. The molecule has 5 rings (SSSR count). The number of ether oxygens (including phenoxy) is 1. The van der Waals surface area contributed by atoms with E-state index in [4.69, 9.17) is 4.74 Å². The Labute approximate surface area is 200 Å². The standard InChI is InChI=1S/C25H25N3O3S2/c1-25(24(30)26-15-18-6-3-4-8-21(18)31-2)16-27-20(14-17-10-13-33-23(17)27)22(29)28(25)11-9-19-7-5-12-32-19/h3-8,10,12-14H,9,11,15-16H2,1-2H3,(H,26,30)/t25-/m0/s1. The Morgan fingerprint density at radius 2 is 2.00 bits per heavy atom. The number of para-hydroxylation sites is 1. The van der Waals surface area contributed by atoms with Crippen LogP contribution in [0.1, 0.15) is 27.9 Å². The molecule has 170 valence electrons. The second kappa shape index (κ2) is 8.68. The second-order valence-corrected chi connectivity index (χ2v) is 10.3. The lowest BCUT2D eigenvalue weighted by Crippen LogP contribution is -2.64. The van der Waals surface area contributed by atoms with Crippen molar-refractivity contribution in [2.45, 2.75) is 32.0 Å². The van der Waals surface area contributed by atoms with Crippen LogP contribution >= 0.6 is 22.7 Å². The molecule has 0 saturated carbocycles. The van der Waals surface area contributed by atoms with Crippen LogP contribution in [0.2, 0.25) is 0 Å². The van der Waals surface area contributed by atoms with Crippen molar-refractivity contribution in [1.29, 1.82) is 0 Å². The number of rotatable bonds is 7. The Morgan fingerprint density at radius 1 is 1.15 bits per heavy atom. The van der Waals surface area contributed by atoms with Gasteiger partial charge in [-0.05, 0) is 48.4 Å². The highest BCUT2D eigenvalue weighted by molar-refractivity contribution is 7.16. The average molecular weight is 480 g/mol. The van der Waals surface area contributed by atoms with E-state index in [0.717, 1.165) is 21.5 Å². The average Bonchev–Trinajstić information content (AvgIpc) is 3.56. The van der Waals surface area contributed by atoms with E-state index >= 15 is 0 Å². The van der Waals surface area contributed by atoms with E-state index in [-0.39, 0.29) is 11.8 Å². The molecule has 0 aliphatic carbocycles. The lowest BCUT2D eigenvalue weighted by atomic mass is 9.94. The van der Waals surface area contributed by atoms with Crippen molar-refractivity contribution in [3.8, 4) is 5.75 Å². The molecular formula is C25H25N3O3S2. The number of methoxy groups -OCH3 is 1. The Balaban J connectivity index is 1.46. The number of nitrogens with zero attached hydrogens (tertiary/aromatic N) is 2. The normalized spacial score (nSPS) is 17.9. The van der Waals surface area contributed by atoms with Gasteiger partial charge in [0.15, 0.2) is 0 Å². The summed E-state index contributed by atoms with van der Waals surface area (Å²) < 4.78 is 7.43. The maximum absolute atomic E-state index is 13.7. The van der Waals surface area contributed by atoms with Crippen molar-refractivity contribution in [2.75, 3.05) is 13.7 Å². The van der Waals surface area contributed by atoms with Gasteiger partial charge < -0.3 is 19.5 Å². The Hall–Kier alpha value is -3.10. The number of thiophene rings is 2. The first-order valence-corrected chi connectivity index (χ1v) is 12.6. The molecule has 6 nitrogen and oxygen atoms in total. The number of amides is 2. The summed E-state index contributed by atoms with van der Waals surface area (Å²) in [5, 5.41) is 8.17. The Bertz CT molecular complexity index is 1310. The van der Waals surface area contributed by atoms with Gasteiger partial charge in [0, 0.05) is 28.9 Å². The van der Waals surface area contributed by atoms with E-state index in [9.17, 15) is 9.59 Å². The highest BCUT2D eigenvalue weighted by atomic mass is 32.1. The molecule has 4 heterocycles. The predicted octanol–water partition coefficient (Wildman–Crippen LogP) is 4.55. The lowest BCUT2D eigenvalue weighted by molar-refractivity contribution is -0.133. The molecule has 1 atom stereocenters. The summed E-state index contributed by atoms with van der Waals surface area (Å²) in [5.41, 5.74) is 0.531. The summed E-state index contributed by atoms with van der Waals surface area (Å²) in [4.78, 5) is 31.3. The van der Waals surface area contributed by atoms with Gasteiger partial charge in [0.05, 0.1) is 13.7 Å². The van der Waals surface area contributed by atoms with Gasteiger partial charge in [0.25, 0.3) is 5.91 Å². The van der Waals surface area contributed by atoms with Crippen LogP contribution in [0.5, 0.6) is 5.75 Å². The maximum Gasteiger partial charge on any atom is 0.271 e. The summed E-state index contributed by atoms with van der Waals surface area (Å²) in [6.45, 7) is 3.11. The molecule has 33 heavy (non-hydrogen) atoms. The number of aromatic nitrogens is 1. The van der Waals surface area contributed by atoms with Crippen molar-refractivity contribution in [3.63, 3.8) is 0 Å². The van der Waals surface area contributed by atoms with Gasteiger partial charge in [-0.15, -0.1) is 22.7 Å². The fraction of sp³-hybridized carbons (Fsp3) is 0.280. The third-order valence-electron chi connectivity index (χ3n) is 6.31. The predicted molar refractivity (Wildman–Crippen MR) is 132 cm³/mol. The first-order valence-electron chi connectivity index (χ1n) is 10.8. The van der Waals surface area contributed by atoms with Crippen molar-refractivity contribution in [3.05, 3.63) is 75.4 Å². The molecule has 0 radical (unpaired) electrons.